The van der Waals surface area contributed by atoms with Crippen molar-refractivity contribution >= 4 is 56.0 Å². The number of ether oxygens (including phenoxy) is 1. The van der Waals surface area contributed by atoms with Crippen molar-refractivity contribution in [2.45, 2.75) is 107 Å². The van der Waals surface area contributed by atoms with E-state index in [1.807, 2.05) is 13.0 Å². The lowest BCUT2D eigenvalue weighted by Gasteiger charge is -2.49. The van der Waals surface area contributed by atoms with E-state index in [2.05, 4.69) is 36.9 Å². The molecule has 292 valence electrons. The molecule has 2 aliphatic heterocycles. The number of allylic oxidation sites excluding steroid dienone is 1. The number of benzene rings is 1. The normalized spacial score (nSPS) is 26.2. The Kier molecular flexibility index (Phi) is 10.8. The maximum absolute atomic E-state index is 14.6. The van der Waals surface area contributed by atoms with Gasteiger partial charge in [-0.2, -0.15) is 0 Å². The molecule has 4 aliphatic rings. The Morgan fingerprint density at radius 2 is 1.95 bits per heavy atom. The number of halogens is 1. The minimum Gasteiger partial charge on any atom is -0.471 e. The fourth-order valence-corrected chi connectivity index (χ4v) is 9.68. The third-order valence-electron chi connectivity index (χ3n) is 10.8. The van der Waals surface area contributed by atoms with Gasteiger partial charge in [-0.1, -0.05) is 44.1 Å². The van der Waals surface area contributed by atoms with Crippen LogP contribution in [0.15, 0.2) is 48.0 Å². The molecule has 4 heterocycles. The zero-order chi connectivity index (χ0) is 39.1. The van der Waals surface area contributed by atoms with Gasteiger partial charge in [0.15, 0.2) is 0 Å². The SMILES string of the molecule is C=C1CC2(C(=O)NS(=O)(=O)C3CC3)NC(=O)C3CC(Oc4nc5cc(F)ccc5nc4CC)CN3C(=O)C(NC(=O)c3scnc3C)CCCCCC=CC12. The molecule has 17 heteroatoms. The van der Waals surface area contributed by atoms with E-state index in [9.17, 15) is 32.0 Å². The predicted molar refractivity (Wildman–Crippen MR) is 202 cm³/mol. The highest BCUT2D eigenvalue weighted by Crippen LogP contribution is 2.45. The molecule has 1 aromatic carbocycles. The summed E-state index contributed by atoms with van der Waals surface area (Å²) in [5, 5.41) is 5.11. The zero-order valence-corrected chi connectivity index (χ0v) is 32.3. The van der Waals surface area contributed by atoms with Gasteiger partial charge in [0.25, 0.3) is 11.8 Å². The molecule has 14 nitrogen and oxygen atoms in total. The number of hydrogen-bond donors (Lipinski definition) is 3. The molecular formula is C38H44FN7O7S2. The molecule has 0 bridgehead atoms. The first-order chi connectivity index (χ1) is 26.3. The number of hydrogen-bond acceptors (Lipinski definition) is 11. The highest BCUT2D eigenvalue weighted by Gasteiger charge is 2.58. The summed E-state index contributed by atoms with van der Waals surface area (Å²) in [7, 11) is -3.97. The van der Waals surface area contributed by atoms with Crippen molar-refractivity contribution in [3.05, 3.63) is 70.1 Å². The highest BCUT2D eigenvalue weighted by molar-refractivity contribution is 7.91. The van der Waals surface area contributed by atoms with Crippen molar-refractivity contribution < 1.29 is 36.7 Å². The van der Waals surface area contributed by atoms with Crippen LogP contribution in [-0.4, -0.2) is 87.4 Å². The summed E-state index contributed by atoms with van der Waals surface area (Å²) in [6, 6.07) is 1.87. The average molecular weight is 794 g/mol. The van der Waals surface area contributed by atoms with Gasteiger partial charge in [-0.3, -0.25) is 23.9 Å². The van der Waals surface area contributed by atoms with Crippen molar-refractivity contribution in [2.24, 2.45) is 5.92 Å². The Balaban J connectivity index is 1.23. The first-order valence-corrected chi connectivity index (χ1v) is 21.1. The number of sulfonamides is 1. The third kappa shape index (κ3) is 7.86. The van der Waals surface area contributed by atoms with Crippen molar-refractivity contribution in [3.63, 3.8) is 0 Å². The summed E-state index contributed by atoms with van der Waals surface area (Å²) in [5.41, 5.74) is 2.30. The molecule has 3 N–H and O–H groups in total. The Hall–Kier alpha value is -4.77. The number of fused-ring (bicyclic) bond motifs is 3. The van der Waals surface area contributed by atoms with Gasteiger partial charge in [0.1, 0.15) is 40.1 Å². The number of carbonyl (C=O) groups excluding carboxylic acids is 4. The van der Waals surface area contributed by atoms with Crippen LogP contribution in [-0.2, 0) is 30.8 Å². The third-order valence-corrected chi connectivity index (χ3v) is 13.5. The standard InChI is InChI=1S/C38H44FN7O7S2/c1-4-27-35(43-30-16-23(39)12-15-28(30)41-27)53-24-17-31-33(47)44-38(37(50)45-55(51,52)25-13-14-25)18-21(2)26(38)10-8-6-5-7-9-11-29(36(49)46(31)19-24)42-34(48)32-22(3)40-20-54-32/h8,10,12,15-16,20,24-26,29,31H,2,4-7,9,11,13-14,17-19H2,1,3H3,(H,42,48)(H,44,47)(H,45,50). The molecule has 2 aliphatic carbocycles. The van der Waals surface area contributed by atoms with E-state index in [1.54, 1.807) is 18.5 Å². The van der Waals surface area contributed by atoms with Crippen molar-refractivity contribution in [1.29, 1.82) is 0 Å². The second kappa shape index (κ2) is 15.4. The molecule has 5 unspecified atom stereocenters. The van der Waals surface area contributed by atoms with Crippen LogP contribution >= 0.6 is 11.3 Å². The van der Waals surface area contributed by atoms with Gasteiger partial charge in [0, 0.05) is 24.8 Å². The second-order valence-corrected chi connectivity index (χ2v) is 17.6. The van der Waals surface area contributed by atoms with E-state index in [4.69, 9.17) is 4.74 Å². The quantitative estimate of drug-likeness (QED) is 0.283. The maximum Gasteiger partial charge on any atom is 0.263 e. The number of aromatic nitrogens is 3. The lowest BCUT2D eigenvalue weighted by molar-refractivity contribution is -0.143. The molecule has 3 fully saturated rings. The fraction of sp³-hybridized carbons (Fsp3) is 0.500. The Morgan fingerprint density at radius 1 is 1.15 bits per heavy atom. The van der Waals surface area contributed by atoms with Crippen molar-refractivity contribution in [2.75, 3.05) is 6.54 Å². The summed E-state index contributed by atoms with van der Waals surface area (Å²) in [6.07, 6.45) is 7.20. The molecule has 5 atom stereocenters. The minimum atomic E-state index is -3.97. The lowest BCUT2D eigenvalue weighted by Crippen LogP contribution is -2.70. The first kappa shape index (κ1) is 38.5. The minimum absolute atomic E-state index is 0.00363. The van der Waals surface area contributed by atoms with E-state index in [-0.39, 0.29) is 30.8 Å². The number of rotatable bonds is 8. The maximum atomic E-state index is 14.6. The largest absolute Gasteiger partial charge is 0.471 e. The molecule has 0 spiro atoms. The molecule has 55 heavy (non-hydrogen) atoms. The molecule has 2 saturated carbocycles. The van der Waals surface area contributed by atoms with E-state index >= 15 is 0 Å². The first-order valence-electron chi connectivity index (χ1n) is 18.7. The number of nitrogens with zero attached hydrogens (tertiary/aromatic N) is 4. The topological polar surface area (TPSA) is 190 Å². The van der Waals surface area contributed by atoms with Crippen molar-refractivity contribution in [3.8, 4) is 5.88 Å². The van der Waals surface area contributed by atoms with Crippen LogP contribution in [0.1, 0.15) is 85.8 Å². The van der Waals surface area contributed by atoms with Gasteiger partial charge in [-0.15, -0.1) is 11.3 Å². The molecular weight excluding hydrogens is 750 g/mol. The van der Waals surface area contributed by atoms with Crippen LogP contribution in [0.2, 0.25) is 0 Å². The summed E-state index contributed by atoms with van der Waals surface area (Å²) in [4.78, 5) is 71.7. The summed E-state index contributed by atoms with van der Waals surface area (Å²) < 4.78 is 48.7. The van der Waals surface area contributed by atoms with Crippen LogP contribution in [0.4, 0.5) is 4.39 Å². The molecule has 7 rings (SSSR count). The van der Waals surface area contributed by atoms with Gasteiger partial charge in [-0.05, 0) is 57.6 Å². The Bertz CT molecular complexity index is 2190. The van der Waals surface area contributed by atoms with Crippen LogP contribution in [0.25, 0.3) is 11.0 Å². The number of aryl methyl sites for hydroxylation is 2. The number of thiazole rings is 1. The Labute approximate surface area is 322 Å². The van der Waals surface area contributed by atoms with Gasteiger partial charge >= 0.3 is 0 Å². The zero-order valence-electron chi connectivity index (χ0n) is 30.7. The van der Waals surface area contributed by atoms with E-state index in [0.29, 0.717) is 65.9 Å². The van der Waals surface area contributed by atoms with Gasteiger partial charge in [0.05, 0.1) is 34.0 Å². The van der Waals surface area contributed by atoms with E-state index < -0.39 is 74.4 Å². The molecule has 0 radical (unpaired) electrons. The monoisotopic (exact) mass is 793 g/mol. The van der Waals surface area contributed by atoms with Gasteiger partial charge < -0.3 is 20.3 Å². The summed E-state index contributed by atoms with van der Waals surface area (Å²) >= 11 is 1.16. The van der Waals surface area contributed by atoms with Gasteiger partial charge in [-0.25, -0.2) is 27.8 Å². The summed E-state index contributed by atoms with van der Waals surface area (Å²) in [5.74, 6) is -3.58. The lowest BCUT2D eigenvalue weighted by atomic mass is 9.62. The molecule has 3 aromatic rings. The number of carbonyl (C=O) groups is 4. The average Bonchev–Trinajstić information content (AvgIpc) is 3.80. The smallest absolute Gasteiger partial charge is 0.263 e. The van der Waals surface area contributed by atoms with E-state index in [0.717, 1.165) is 24.2 Å². The molecule has 4 amide bonds. The molecule has 2 aromatic heterocycles. The number of amides is 4. The molecule has 1 saturated heterocycles. The van der Waals surface area contributed by atoms with Crippen LogP contribution in [0, 0.1) is 18.7 Å². The predicted octanol–water partition coefficient (Wildman–Crippen LogP) is 3.80. The summed E-state index contributed by atoms with van der Waals surface area (Å²) in [6.45, 7) is 7.60. The van der Waals surface area contributed by atoms with Crippen molar-refractivity contribution in [1.82, 2.24) is 35.2 Å². The fourth-order valence-electron chi connectivity index (χ4n) is 7.61. The second-order valence-electron chi connectivity index (χ2n) is 14.8. The number of nitrogens with one attached hydrogen (secondary N) is 3. The Morgan fingerprint density at radius 3 is 2.65 bits per heavy atom. The highest BCUT2D eigenvalue weighted by atomic mass is 32.2. The van der Waals surface area contributed by atoms with E-state index in [1.165, 1.54) is 23.1 Å². The van der Waals surface area contributed by atoms with Gasteiger partial charge in [0.2, 0.25) is 27.7 Å². The van der Waals surface area contributed by atoms with Crippen LogP contribution in [0.3, 0.4) is 0 Å². The van der Waals surface area contributed by atoms with Crippen LogP contribution in [0.5, 0.6) is 5.88 Å². The van der Waals surface area contributed by atoms with Crippen LogP contribution < -0.4 is 20.1 Å².